The van der Waals surface area contributed by atoms with E-state index in [4.69, 9.17) is 15.2 Å². The van der Waals surface area contributed by atoms with Crippen LogP contribution in [0.4, 0.5) is 5.82 Å². The minimum atomic E-state index is 0.310. The molecule has 0 spiro atoms. The summed E-state index contributed by atoms with van der Waals surface area (Å²) < 4.78 is 12.6. The van der Waals surface area contributed by atoms with Crippen molar-refractivity contribution < 1.29 is 9.47 Å². The molecular weight excluding hydrogens is 466 g/mol. The SMILES string of the molecule is COc1ccc(-c2c(C#N)c(N)nc3c2CCCCCC3)cc1COc1cccc(Br)c1. The summed E-state index contributed by atoms with van der Waals surface area (Å²) in [6, 6.07) is 16.0. The highest BCUT2D eigenvalue weighted by atomic mass is 79.9. The topological polar surface area (TPSA) is 81.2 Å². The molecule has 0 radical (unpaired) electrons. The first-order chi connectivity index (χ1) is 15.6. The van der Waals surface area contributed by atoms with Gasteiger partial charge in [0.15, 0.2) is 0 Å². The quantitative estimate of drug-likeness (QED) is 0.458. The number of anilines is 1. The van der Waals surface area contributed by atoms with Crippen molar-refractivity contribution in [1.82, 2.24) is 4.98 Å². The average molecular weight is 492 g/mol. The van der Waals surface area contributed by atoms with E-state index in [1.807, 2.05) is 42.5 Å². The highest BCUT2D eigenvalue weighted by Crippen LogP contribution is 2.37. The van der Waals surface area contributed by atoms with Gasteiger partial charge in [0.25, 0.3) is 0 Å². The van der Waals surface area contributed by atoms with Gasteiger partial charge in [-0.25, -0.2) is 4.98 Å². The van der Waals surface area contributed by atoms with Gasteiger partial charge in [-0.2, -0.15) is 5.26 Å². The Bertz CT molecular complexity index is 1170. The van der Waals surface area contributed by atoms with Crippen molar-refractivity contribution in [2.45, 2.75) is 45.1 Å². The number of rotatable bonds is 5. The molecule has 0 bridgehead atoms. The van der Waals surface area contributed by atoms with Crippen LogP contribution in [0.2, 0.25) is 0 Å². The number of nitrogens with two attached hydrogens (primary N) is 1. The first-order valence-corrected chi connectivity index (χ1v) is 11.7. The monoisotopic (exact) mass is 491 g/mol. The lowest BCUT2D eigenvalue weighted by molar-refractivity contribution is 0.296. The lowest BCUT2D eigenvalue weighted by Crippen LogP contribution is -2.10. The van der Waals surface area contributed by atoms with Crippen LogP contribution in [0.1, 0.15) is 48.1 Å². The van der Waals surface area contributed by atoms with Gasteiger partial charge in [-0.05, 0) is 67.1 Å². The Morgan fingerprint density at radius 3 is 2.66 bits per heavy atom. The number of ether oxygens (including phenoxy) is 2. The van der Waals surface area contributed by atoms with Crippen LogP contribution >= 0.6 is 15.9 Å². The van der Waals surface area contributed by atoms with Crippen molar-refractivity contribution in [2.24, 2.45) is 0 Å². The molecule has 0 unspecified atom stereocenters. The van der Waals surface area contributed by atoms with E-state index in [-0.39, 0.29) is 0 Å². The third-order valence-corrected chi connectivity index (χ3v) is 6.37. The number of hydrogen-bond donors (Lipinski definition) is 1. The van der Waals surface area contributed by atoms with Crippen LogP contribution in [-0.2, 0) is 19.4 Å². The molecule has 0 atom stereocenters. The van der Waals surface area contributed by atoms with E-state index in [0.717, 1.165) is 69.6 Å². The average Bonchev–Trinajstić information content (AvgIpc) is 2.78. The molecule has 1 aromatic heterocycles. The van der Waals surface area contributed by atoms with Crippen LogP contribution in [0, 0.1) is 11.3 Å². The van der Waals surface area contributed by atoms with Crippen LogP contribution in [-0.4, -0.2) is 12.1 Å². The summed E-state index contributed by atoms with van der Waals surface area (Å²) in [4.78, 5) is 4.61. The molecule has 0 aliphatic heterocycles. The van der Waals surface area contributed by atoms with E-state index in [1.54, 1.807) is 7.11 Å². The largest absolute Gasteiger partial charge is 0.496 e. The van der Waals surface area contributed by atoms with E-state index >= 15 is 0 Å². The summed E-state index contributed by atoms with van der Waals surface area (Å²) in [5, 5.41) is 9.91. The van der Waals surface area contributed by atoms with E-state index in [1.165, 1.54) is 12.8 Å². The Kier molecular flexibility index (Phi) is 6.96. The van der Waals surface area contributed by atoms with Gasteiger partial charge in [0.2, 0.25) is 0 Å². The van der Waals surface area contributed by atoms with Crippen molar-refractivity contribution in [3.8, 4) is 28.7 Å². The molecule has 0 fully saturated rings. The summed E-state index contributed by atoms with van der Waals surface area (Å²) in [5.74, 6) is 1.82. The number of nitrogens with zero attached hydrogens (tertiary/aromatic N) is 2. The van der Waals surface area contributed by atoms with Crippen molar-refractivity contribution in [3.63, 3.8) is 0 Å². The van der Waals surface area contributed by atoms with Crippen LogP contribution in [0.3, 0.4) is 0 Å². The number of nitriles is 1. The fraction of sp³-hybridized carbons (Fsp3) is 0.308. The van der Waals surface area contributed by atoms with Crippen molar-refractivity contribution in [3.05, 3.63) is 69.3 Å². The summed E-state index contributed by atoms with van der Waals surface area (Å²) in [6.07, 6.45) is 6.38. The highest BCUT2D eigenvalue weighted by molar-refractivity contribution is 9.10. The summed E-state index contributed by atoms with van der Waals surface area (Å²) in [6.45, 7) is 0.345. The Balaban J connectivity index is 1.78. The fourth-order valence-electron chi connectivity index (χ4n) is 4.31. The second-order valence-corrected chi connectivity index (χ2v) is 8.89. The standard InChI is InChI=1S/C26H26BrN3O2/c1-31-24-12-11-17(13-18(24)16-32-20-8-6-7-19(27)14-20)25-21-9-4-2-3-5-10-23(21)30-26(29)22(25)15-28/h6-8,11-14H,2-5,9-10,16H2,1H3,(H2,29,30). The molecule has 2 N–H and O–H groups in total. The summed E-state index contributed by atoms with van der Waals surface area (Å²) >= 11 is 3.48. The van der Waals surface area contributed by atoms with Gasteiger partial charge in [0.1, 0.15) is 35.6 Å². The normalized spacial score (nSPS) is 13.4. The number of methoxy groups -OCH3 is 1. The number of aromatic nitrogens is 1. The van der Waals surface area contributed by atoms with E-state index in [0.29, 0.717) is 18.0 Å². The Morgan fingerprint density at radius 1 is 1.09 bits per heavy atom. The highest BCUT2D eigenvalue weighted by Gasteiger charge is 2.21. The number of hydrogen-bond acceptors (Lipinski definition) is 5. The molecule has 0 saturated carbocycles. The summed E-state index contributed by atoms with van der Waals surface area (Å²) in [7, 11) is 1.65. The van der Waals surface area contributed by atoms with Crippen LogP contribution in [0.5, 0.6) is 11.5 Å². The molecule has 164 valence electrons. The van der Waals surface area contributed by atoms with E-state index < -0.39 is 0 Å². The lowest BCUT2D eigenvalue weighted by Gasteiger charge is -2.20. The zero-order valence-electron chi connectivity index (χ0n) is 18.2. The van der Waals surface area contributed by atoms with Gasteiger partial charge < -0.3 is 15.2 Å². The number of benzene rings is 2. The predicted molar refractivity (Wildman–Crippen MR) is 130 cm³/mol. The molecule has 5 nitrogen and oxygen atoms in total. The smallest absolute Gasteiger partial charge is 0.142 e. The first kappa shape index (κ1) is 22.2. The minimum Gasteiger partial charge on any atom is -0.496 e. The first-order valence-electron chi connectivity index (χ1n) is 10.9. The van der Waals surface area contributed by atoms with E-state index in [2.05, 4.69) is 27.0 Å². The Hall–Kier alpha value is -3.04. The molecule has 0 saturated heterocycles. The van der Waals surface area contributed by atoms with E-state index in [9.17, 15) is 5.26 Å². The number of pyridine rings is 1. The fourth-order valence-corrected chi connectivity index (χ4v) is 4.69. The summed E-state index contributed by atoms with van der Waals surface area (Å²) in [5.41, 5.74) is 11.6. The second kappa shape index (κ2) is 10.1. The van der Waals surface area contributed by atoms with Crippen LogP contribution < -0.4 is 15.2 Å². The minimum absolute atomic E-state index is 0.310. The van der Waals surface area contributed by atoms with Gasteiger partial charge in [0.05, 0.1) is 7.11 Å². The Morgan fingerprint density at radius 2 is 1.91 bits per heavy atom. The maximum Gasteiger partial charge on any atom is 0.142 e. The predicted octanol–water partition coefficient (Wildman–Crippen LogP) is 6.21. The van der Waals surface area contributed by atoms with Crippen LogP contribution in [0.25, 0.3) is 11.1 Å². The van der Waals surface area contributed by atoms with Crippen LogP contribution in [0.15, 0.2) is 46.9 Å². The second-order valence-electron chi connectivity index (χ2n) is 7.97. The number of halogens is 1. The molecule has 2 aromatic carbocycles. The molecular formula is C26H26BrN3O2. The molecule has 1 aliphatic rings. The number of fused-ring (bicyclic) bond motifs is 1. The van der Waals surface area contributed by atoms with Crippen molar-refractivity contribution >= 4 is 21.7 Å². The molecule has 1 heterocycles. The maximum absolute atomic E-state index is 9.91. The molecule has 32 heavy (non-hydrogen) atoms. The molecule has 4 rings (SSSR count). The van der Waals surface area contributed by atoms with Crippen molar-refractivity contribution in [2.75, 3.05) is 12.8 Å². The zero-order chi connectivity index (χ0) is 22.5. The molecule has 0 amide bonds. The molecule has 3 aromatic rings. The third kappa shape index (κ3) is 4.73. The van der Waals surface area contributed by atoms with Gasteiger partial charge in [-0.1, -0.05) is 40.9 Å². The van der Waals surface area contributed by atoms with Gasteiger partial charge in [-0.3, -0.25) is 0 Å². The molecule has 1 aliphatic carbocycles. The zero-order valence-corrected chi connectivity index (χ0v) is 19.7. The number of nitrogen functional groups attached to an aromatic ring is 1. The van der Waals surface area contributed by atoms with Gasteiger partial charge in [0, 0.05) is 21.3 Å². The third-order valence-electron chi connectivity index (χ3n) is 5.87. The maximum atomic E-state index is 9.91. The number of aryl methyl sites for hydroxylation is 1. The molecule has 6 heteroatoms. The Labute approximate surface area is 197 Å². The van der Waals surface area contributed by atoms with Gasteiger partial charge in [-0.15, -0.1) is 0 Å². The van der Waals surface area contributed by atoms with Crippen molar-refractivity contribution in [1.29, 1.82) is 5.26 Å². The lowest BCUT2D eigenvalue weighted by atomic mass is 9.87. The van der Waals surface area contributed by atoms with Gasteiger partial charge >= 0.3 is 0 Å².